The van der Waals surface area contributed by atoms with Crippen LogP contribution in [0, 0.1) is 11.3 Å². The number of nitrogens with zero attached hydrogens (tertiary/aromatic N) is 1. The van der Waals surface area contributed by atoms with E-state index < -0.39 is 10.0 Å². The molecule has 6 nitrogen and oxygen atoms in total. The number of hydrogen-bond acceptors (Lipinski definition) is 4. The summed E-state index contributed by atoms with van der Waals surface area (Å²) < 4.78 is 27.0. The lowest BCUT2D eigenvalue weighted by atomic mass is 10.2. The van der Waals surface area contributed by atoms with Crippen molar-refractivity contribution in [2.45, 2.75) is 11.8 Å². The number of carbonyl (C=O) groups is 1. The van der Waals surface area contributed by atoms with E-state index >= 15 is 0 Å². The zero-order chi connectivity index (χ0) is 16.2. The first-order valence-corrected chi connectivity index (χ1v) is 7.80. The summed E-state index contributed by atoms with van der Waals surface area (Å²) in [6, 6.07) is 14.0. The fraction of sp³-hybridized carbons (Fsp3) is 0.0667. The second-order valence-electron chi connectivity index (χ2n) is 4.51. The van der Waals surface area contributed by atoms with Crippen molar-refractivity contribution in [3.05, 3.63) is 54.1 Å². The van der Waals surface area contributed by atoms with Crippen LogP contribution in [0.1, 0.15) is 12.5 Å². The zero-order valence-corrected chi connectivity index (χ0v) is 12.5. The second kappa shape index (κ2) is 6.28. The van der Waals surface area contributed by atoms with Gasteiger partial charge in [0.05, 0.1) is 22.2 Å². The van der Waals surface area contributed by atoms with Crippen molar-refractivity contribution in [1.82, 2.24) is 0 Å². The van der Waals surface area contributed by atoms with Crippen LogP contribution in [0.25, 0.3) is 0 Å². The van der Waals surface area contributed by atoms with Crippen molar-refractivity contribution in [3.8, 4) is 6.07 Å². The second-order valence-corrected chi connectivity index (χ2v) is 6.19. The predicted molar refractivity (Wildman–Crippen MR) is 82.7 cm³/mol. The highest BCUT2D eigenvalue weighted by molar-refractivity contribution is 7.92. The lowest BCUT2D eigenvalue weighted by molar-refractivity contribution is -0.114. The molecule has 2 aromatic rings. The number of nitriles is 1. The van der Waals surface area contributed by atoms with Crippen LogP contribution in [-0.4, -0.2) is 14.3 Å². The lowest BCUT2D eigenvalue weighted by Crippen LogP contribution is -2.13. The van der Waals surface area contributed by atoms with E-state index in [0.717, 1.165) is 0 Å². The molecule has 2 rings (SSSR count). The lowest BCUT2D eigenvalue weighted by Gasteiger charge is -2.10. The van der Waals surface area contributed by atoms with E-state index in [2.05, 4.69) is 10.0 Å². The maximum Gasteiger partial charge on any atom is 0.261 e. The molecule has 0 spiro atoms. The Hall–Kier alpha value is -2.85. The third-order valence-corrected chi connectivity index (χ3v) is 4.09. The quantitative estimate of drug-likeness (QED) is 0.904. The Morgan fingerprint density at radius 1 is 1.09 bits per heavy atom. The Morgan fingerprint density at radius 3 is 2.45 bits per heavy atom. The molecule has 1 amide bonds. The van der Waals surface area contributed by atoms with Crippen LogP contribution in [0.3, 0.4) is 0 Å². The van der Waals surface area contributed by atoms with E-state index in [9.17, 15) is 13.2 Å². The van der Waals surface area contributed by atoms with Gasteiger partial charge in [-0.1, -0.05) is 12.1 Å². The largest absolute Gasteiger partial charge is 0.326 e. The molecule has 0 aliphatic rings. The van der Waals surface area contributed by atoms with Crippen LogP contribution in [0.4, 0.5) is 11.4 Å². The molecule has 112 valence electrons. The number of hydrogen-bond donors (Lipinski definition) is 2. The summed E-state index contributed by atoms with van der Waals surface area (Å²) in [5.74, 6) is -0.248. The van der Waals surface area contributed by atoms with Gasteiger partial charge in [-0.25, -0.2) is 8.42 Å². The van der Waals surface area contributed by atoms with E-state index in [0.29, 0.717) is 11.4 Å². The highest BCUT2D eigenvalue weighted by Gasteiger charge is 2.14. The standard InChI is InChI=1S/C15H13N3O3S/c1-11(19)17-13-5-3-6-14(9-13)18-22(20,21)15-7-2-4-12(8-15)10-16/h2-9,18H,1H3,(H,17,19). The molecule has 0 heterocycles. The van der Waals surface area contributed by atoms with Gasteiger partial charge in [-0.3, -0.25) is 9.52 Å². The molecule has 22 heavy (non-hydrogen) atoms. The fourth-order valence-electron chi connectivity index (χ4n) is 1.81. The molecule has 2 aromatic carbocycles. The van der Waals surface area contributed by atoms with Crippen molar-refractivity contribution >= 4 is 27.3 Å². The molecule has 7 heteroatoms. The molecule has 0 bridgehead atoms. The van der Waals surface area contributed by atoms with Crippen molar-refractivity contribution in [2.75, 3.05) is 10.0 Å². The number of sulfonamides is 1. The molecule has 0 radical (unpaired) electrons. The third-order valence-electron chi connectivity index (χ3n) is 2.71. The summed E-state index contributed by atoms with van der Waals surface area (Å²) >= 11 is 0. The highest BCUT2D eigenvalue weighted by atomic mass is 32.2. The molecule has 0 aromatic heterocycles. The van der Waals surface area contributed by atoms with Gasteiger partial charge in [0.15, 0.2) is 0 Å². The summed E-state index contributed by atoms with van der Waals surface area (Å²) in [6.45, 7) is 1.37. The minimum absolute atomic E-state index is 0.00326. The zero-order valence-electron chi connectivity index (χ0n) is 11.7. The van der Waals surface area contributed by atoms with Gasteiger partial charge in [0.2, 0.25) is 5.91 Å². The molecular formula is C15H13N3O3S. The van der Waals surface area contributed by atoms with Gasteiger partial charge in [0.25, 0.3) is 10.0 Å². The van der Waals surface area contributed by atoms with Crippen LogP contribution in [0.2, 0.25) is 0 Å². The van der Waals surface area contributed by atoms with Gasteiger partial charge in [0.1, 0.15) is 0 Å². The molecular weight excluding hydrogens is 302 g/mol. The fourth-order valence-corrected chi connectivity index (χ4v) is 2.91. The topological polar surface area (TPSA) is 99.1 Å². The highest BCUT2D eigenvalue weighted by Crippen LogP contribution is 2.20. The predicted octanol–water partition coefficient (Wildman–Crippen LogP) is 2.32. The molecule has 0 fully saturated rings. The summed E-state index contributed by atoms with van der Waals surface area (Å²) in [7, 11) is -3.80. The SMILES string of the molecule is CC(=O)Nc1cccc(NS(=O)(=O)c2cccc(C#N)c2)c1. The average Bonchev–Trinajstić information content (AvgIpc) is 2.46. The average molecular weight is 315 g/mol. The van der Waals surface area contributed by atoms with Gasteiger partial charge in [-0.05, 0) is 36.4 Å². The van der Waals surface area contributed by atoms with Crippen molar-refractivity contribution in [2.24, 2.45) is 0 Å². The third kappa shape index (κ3) is 3.84. The maximum atomic E-state index is 12.3. The summed E-state index contributed by atoms with van der Waals surface area (Å²) in [5, 5.41) is 11.4. The molecule has 0 aliphatic carbocycles. The minimum atomic E-state index is -3.80. The minimum Gasteiger partial charge on any atom is -0.326 e. The first-order chi connectivity index (χ1) is 10.4. The first-order valence-electron chi connectivity index (χ1n) is 6.31. The maximum absolute atomic E-state index is 12.3. The van der Waals surface area contributed by atoms with E-state index in [-0.39, 0.29) is 16.4 Å². The van der Waals surface area contributed by atoms with E-state index in [1.165, 1.54) is 37.3 Å². The van der Waals surface area contributed by atoms with Crippen LogP contribution < -0.4 is 10.0 Å². The number of carbonyl (C=O) groups excluding carboxylic acids is 1. The number of anilines is 2. The molecule has 2 N–H and O–H groups in total. The Bertz CT molecular complexity index is 854. The molecule has 0 saturated heterocycles. The normalized spacial score (nSPS) is 10.5. The van der Waals surface area contributed by atoms with E-state index in [4.69, 9.17) is 5.26 Å². The number of rotatable bonds is 4. The number of nitrogens with one attached hydrogen (secondary N) is 2. The summed E-state index contributed by atoms with van der Waals surface area (Å²) in [5.41, 5.74) is 1.06. The van der Waals surface area contributed by atoms with Crippen molar-refractivity contribution in [3.63, 3.8) is 0 Å². The molecule has 0 saturated carbocycles. The number of amides is 1. The van der Waals surface area contributed by atoms with Crippen LogP contribution >= 0.6 is 0 Å². The Labute approximate surface area is 128 Å². The number of benzene rings is 2. The van der Waals surface area contributed by atoms with Crippen LogP contribution in [0.5, 0.6) is 0 Å². The molecule has 0 aliphatic heterocycles. The van der Waals surface area contributed by atoms with Gasteiger partial charge in [-0.15, -0.1) is 0 Å². The van der Waals surface area contributed by atoms with E-state index in [1.807, 2.05) is 6.07 Å². The summed E-state index contributed by atoms with van der Waals surface area (Å²) in [6.07, 6.45) is 0. The van der Waals surface area contributed by atoms with Gasteiger partial charge in [-0.2, -0.15) is 5.26 Å². The summed E-state index contributed by atoms with van der Waals surface area (Å²) in [4.78, 5) is 11.0. The van der Waals surface area contributed by atoms with Crippen molar-refractivity contribution < 1.29 is 13.2 Å². The first kappa shape index (κ1) is 15.5. The Kier molecular flexibility index (Phi) is 4.44. The monoisotopic (exact) mass is 315 g/mol. The molecule has 0 atom stereocenters. The van der Waals surface area contributed by atoms with Crippen LogP contribution in [-0.2, 0) is 14.8 Å². The Morgan fingerprint density at radius 2 is 1.77 bits per heavy atom. The van der Waals surface area contributed by atoms with Gasteiger partial charge >= 0.3 is 0 Å². The molecule has 0 unspecified atom stereocenters. The van der Waals surface area contributed by atoms with Gasteiger partial charge < -0.3 is 5.32 Å². The van der Waals surface area contributed by atoms with Gasteiger partial charge in [0, 0.05) is 12.6 Å². The Balaban J connectivity index is 2.29. The van der Waals surface area contributed by atoms with Crippen LogP contribution in [0.15, 0.2) is 53.4 Å². The smallest absolute Gasteiger partial charge is 0.261 e. The van der Waals surface area contributed by atoms with Crippen molar-refractivity contribution in [1.29, 1.82) is 5.26 Å². The van der Waals surface area contributed by atoms with E-state index in [1.54, 1.807) is 18.2 Å².